The molecule has 1 saturated heterocycles. The summed E-state index contributed by atoms with van der Waals surface area (Å²) in [5.41, 5.74) is 0. The molecule has 49 heavy (non-hydrogen) atoms. The van der Waals surface area contributed by atoms with Gasteiger partial charge in [-0.05, 0) is 12.8 Å². The quantitative estimate of drug-likeness (QED) is 0.0751. The van der Waals surface area contributed by atoms with Crippen LogP contribution in [0.15, 0.2) is 0 Å². The summed E-state index contributed by atoms with van der Waals surface area (Å²) < 4.78 is 236. The van der Waals surface area contributed by atoms with E-state index >= 15 is 0 Å². The summed E-state index contributed by atoms with van der Waals surface area (Å²) in [6.45, 7) is -0.0474. The SMILES string of the molecule is O=C(O)[C@@H](O)[C@H]1O[C@@H](OCCCCCCCCCCCC(F)(F)C(F)(F)C(F)(F)C(F)(F)C(F)(F)C(F)(F)C(F)(F)C(F)(F)F)[C@H](O)[C@H]1O. The van der Waals surface area contributed by atoms with Gasteiger partial charge in [0.15, 0.2) is 12.4 Å². The van der Waals surface area contributed by atoms with Crippen LogP contribution in [-0.2, 0) is 14.3 Å². The van der Waals surface area contributed by atoms with Crippen molar-refractivity contribution in [3.8, 4) is 0 Å². The largest absolute Gasteiger partial charge is 0.479 e. The highest BCUT2D eigenvalue weighted by Gasteiger charge is 2.95. The number of hydrogen-bond donors (Lipinski definition) is 4. The molecule has 0 bridgehead atoms. The Bertz CT molecular complexity index is 1070. The predicted octanol–water partition coefficient (Wildman–Crippen LogP) is 6.81. The van der Waals surface area contributed by atoms with Crippen molar-refractivity contribution in [2.75, 3.05) is 6.61 Å². The first-order chi connectivity index (χ1) is 21.9. The van der Waals surface area contributed by atoms with Crippen molar-refractivity contribution in [1.29, 1.82) is 0 Å². The van der Waals surface area contributed by atoms with Crippen LogP contribution in [0.4, 0.5) is 74.6 Å². The smallest absolute Gasteiger partial charge is 0.460 e. The van der Waals surface area contributed by atoms with Gasteiger partial charge in [0.05, 0.1) is 0 Å². The molecule has 5 atom stereocenters. The third-order valence-corrected chi connectivity index (χ3v) is 7.53. The molecule has 1 heterocycles. The predicted molar refractivity (Wildman–Crippen MR) is 127 cm³/mol. The van der Waals surface area contributed by atoms with E-state index in [4.69, 9.17) is 14.6 Å². The van der Waals surface area contributed by atoms with Crippen molar-refractivity contribution in [1.82, 2.24) is 0 Å². The minimum absolute atomic E-state index is 0.0474. The molecule has 0 amide bonds. The number of carbonyl (C=O) groups is 1. The molecular formula is C25H31F17O7. The van der Waals surface area contributed by atoms with Crippen LogP contribution in [0.1, 0.15) is 64.2 Å². The minimum Gasteiger partial charge on any atom is -0.479 e. The Labute approximate surface area is 265 Å². The molecular weight excluding hydrogens is 735 g/mol. The lowest BCUT2D eigenvalue weighted by atomic mass is 9.87. The van der Waals surface area contributed by atoms with Gasteiger partial charge in [-0.25, -0.2) is 4.79 Å². The van der Waals surface area contributed by atoms with Gasteiger partial charge in [-0.2, -0.15) is 74.6 Å². The zero-order valence-corrected chi connectivity index (χ0v) is 24.6. The molecule has 0 aromatic heterocycles. The van der Waals surface area contributed by atoms with Crippen molar-refractivity contribution < 1.29 is 109 Å². The number of ether oxygens (including phenoxy) is 2. The maximum Gasteiger partial charge on any atom is 0.460 e. The Balaban J connectivity index is 2.54. The first-order valence-electron chi connectivity index (χ1n) is 14.1. The van der Waals surface area contributed by atoms with E-state index in [1.54, 1.807) is 0 Å². The molecule has 0 unspecified atom stereocenters. The molecule has 1 aliphatic rings. The number of hydrogen-bond acceptors (Lipinski definition) is 6. The first kappa shape index (κ1) is 45.1. The summed E-state index contributed by atoms with van der Waals surface area (Å²) in [6, 6.07) is 0. The van der Waals surface area contributed by atoms with E-state index in [0.29, 0.717) is 32.1 Å². The number of carboxylic acids is 1. The van der Waals surface area contributed by atoms with Crippen LogP contribution in [-0.4, -0.2) is 111 Å². The van der Waals surface area contributed by atoms with Crippen LogP contribution in [0.5, 0.6) is 0 Å². The highest BCUT2D eigenvalue weighted by Crippen LogP contribution is 2.64. The summed E-state index contributed by atoms with van der Waals surface area (Å²) in [6.07, 6.45) is -18.2. The number of unbranched alkanes of at least 4 members (excludes halogenated alkanes) is 8. The zero-order chi connectivity index (χ0) is 38.7. The van der Waals surface area contributed by atoms with Crippen molar-refractivity contribution in [3.63, 3.8) is 0 Å². The average Bonchev–Trinajstić information content (AvgIpc) is 3.24. The lowest BCUT2D eigenvalue weighted by Crippen LogP contribution is -2.74. The normalized spacial score (nSPS) is 22.9. The Morgan fingerprint density at radius 2 is 0.939 bits per heavy atom. The van der Waals surface area contributed by atoms with Gasteiger partial charge < -0.3 is 29.9 Å². The van der Waals surface area contributed by atoms with Crippen molar-refractivity contribution >= 4 is 5.97 Å². The van der Waals surface area contributed by atoms with Gasteiger partial charge in [-0.1, -0.05) is 44.9 Å². The van der Waals surface area contributed by atoms with E-state index in [-0.39, 0.29) is 19.4 Å². The molecule has 0 spiro atoms. The summed E-state index contributed by atoms with van der Waals surface area (Å²) in [5.74, 6) is -57.9. The topological polar surface area (TPSA) is 116 Å². The molecule has 4 N–H and O–H groups in total. The number of aliphatic hydroxyl groups is 3. The Morgan fingerprint density at radius 3 is 1.35 bits per heavy atom. The van der Waals surface area contributed by atoms with Gasteiger partial charge in [0.2, 0.25) is 0 Å². The van der Waals surface area contributed by atoms with E-state index in [0.717, 1.165) is 0 Å². The van der Waals surface area contributed by atoms with Crippen molar-refractivity contribution in [3.05, 3.63) is 0 Å². The monoisotopic (exact) mass is 766 g/mol. The zero-order valence-electron chi connectivity index (χ0n) is 24.6. The molecule has 1 rings (SSSR count). The second kappa shape index (κ2) is 15.8. The molecule has 1 aliphatic heterocycles. The van der Waals surface area contributed by atoms with E-state index in [1.807, 2.05) is 0 Å². The molecule has 292 valence electrons. The lowest BCUT2D eigenvalue weighted by Gasteiger charge is -2.42. The highest BCUT2D eigenvalue weighted by atomic mass is 19.4. The molecule has 0 aromatic rings. The van der Waals surface area contributed by atoms with Crippen molar-refractivity contribution in [2.24, 2.45) is 0 Å². The minimum atomic E-state index is -8.64. The van der Waals surface area contributed by atoms with Crippen LogP contribution in [0.25, 0.3) is 0 Å². The Morgan fingerprint density at radius 1 is 0.571 bits per heavy atom. The van der Waals surface area contributed by atoms with Crippen molar-refractivity contribution in [2.45, 2.75) is 143 Å². The fourth-order valence-corrected chi connectivity index (χ4v) is 4.45. The molecule has 24 heteroatoms. The van der Waals surface area contributed by atoms with E-state index in [9.17, 15) is 94.8 Å². The summed E-state index contributed by atoms with van der Waals surface area (Å²) >= 11 is 0. The molecule has 0 aromatic carbocycles. The molecule has 7 nitrogen and oxygen atoms in total. The van der Waals surface area contributed by atoms with Gasteiger partial charge in [0.1, 0.15) is 18.3 Å². The Hall–Kier alpha value is -1.92. The van der Waals surface area contributed by atoms with E-state index in [2.05, 4.69) is 0 Å². The molecule has 1 fully saturated rings. The van der Waals surface area contributed by atoms with Crippen LogP contribution in [0.2, 0.25) is 0 Å². The number of rotatable bonds is 21. The first-order valence-corrected chi connectivity index (χ1v) is 14.1. The maximum atomic E-state index is 13.9. The van der Waals surface area contributed by atoms with Crippen LogP contribution >= 0.6 is 0 Å². The van der Waals surface area contributed by atoms with Crippen LogP contribution < -0.4 is 0 Å². The maximum absolute atomic E-state index is 13.9. The number of halogens is 17. The standard InChI is InChI=1S/C25H31F17O7/c26-18(27,19(28,29)20(30,31)21(32,33)22(34,35)23(36,37)24(38,39)25(40,41)42)10-8-6-4-2-1-3-5-7-9-11-48-17-13(44)12(43)15(49-17)14(45)16(46)47/h12-15,17,43-45H,1-11H2,(H,46,47)/t12-,13-,14+,15+,17-/m1/s1. The summed E-state index contributed by atoms with van der Waals surface area (Å²) in [4.78, 5) is 10.8. The fraction of sp³-hybridized carbons (Fsp3) is 0.960. The third-order valence-electron chi connectivity index (χ3n) is 7.53. The molecule has 0 saturated carbocycles. The highest BCUT2D eigenvalue weighted by molar-refractivity contribution is 5.73. The van der Waals surface area contributed by atoms with Gasteiger partial charge in [0.25, 0.3) is 0 Å². The summed E-state index contributed by atoms with van der Waals surface area (Å²) in [7, 11) is 0. The van der Waals surface area contributed by atoms with Gasteiger partial charge in [-0.3, -0.25) is 0 Å². The lowest BCUT2D eigenvalue weighted by molar-refractivity contribution is -0.461. The number of alkyl halides is 17. The van der Waals surface area contributed by atoms with E-state index < -0.39 is 104 Å². The van der Waals surface area contributed by atoms with Gasteiger partial charge in [0, 0.05) is 13.0 Å². The molecule has 0 radical (unpaired) electrons. The number of aliphatic hydroxyl groups excluding tert-OH is 3. The third kappa shape index (κ3) is 8.76. The van der Waals surface area contributed by atoms with Gasteiger partial charge in [-0.15, -0.1) is 0 Å². The van der Waals surface area contributed by atoms with Gasteiger partial charge >= 0.3 is 53.6 Å². The van der Waals surface area contributed by atoms with E-state index in [1.165, 1.54) is 0 Å². The Kier molecular flexibility index (Phi) is 14.5. The summed E-state index contributed by atoms with van der Waals surface area (Å²) in [5, 5.41) is 37.8. The second-order valence-corrected chi connectivity index (χ2v) is 11.2. The number of carboxylic acid groups (broad SMARTS) is 1. The van der Waals surface area contributed by atoms with Crippen LogP contribution in [0.3, 0.4) is 0 Å². The fourth-order valence-electron chi connectivity index (χ4n) is 4.45. The average molecular weight is 766 g/mol. The molecule has 0 aliphatic carbocycles. The van der Waals surface area contributed by atoms with Crippen LogP contribution in [0, 0.1) is 0 Å². The second-order valence-electron chi connectivity index (χ2n) is 11.2. The number of aliphatic carboxylic acids is 1.